The van der Waals surface area contributed by atoms with Gasteiger partial charge in [-0.15, -0.1) is 11.3 Å². The highest BCUT2D eigenvalue weighted by Crippen LogP contribution is 2.50. The average Bonchev–Trinajstić information content (AvgIpc) is 2.92. The Hall–Kier alpha value is -3.00. The largest absolute Gasteiger partial charge is 0.382 e. The molecule has 0 aliphatic carbocycles. The van der Waals surface area contributed by atoms with Crippen LogP contribution in [0.2, 0.25) is 0 Å². The summed E-state index contributed by atoms with van der Waals surface area (Å²) in [5, 5.41) is 4.11. The summed E-state index contributed by atoms with van der Waals surface area (Å²) in [5.74, 6) is -0.409. The molecule has 5 N–H and O–H groups in total. The number of benzene rings is 1. The Morgan fingerprint density at radius 2 is 1.92 bits per heavy atom. The molecule has 0 bridgehead atoms. The number of thiophene rings is 1. The van der Waals surface area contributed by atoms with Crippen molar-refractivity contribution in [2.45, 2.75) is 19.8 Å². The number of nitrogen functional groups attached to an aromatic ring is 2. The molecule has 8 heteroatoms. The van der Waals surface area contributed by atoms with Crippen LogP contribution < -0.4 is 16.8 Å². The number of Topliss-reactive ketones (excluding diaryl/α,β-unsaturated/α-hetero) is 1. The normalized spacial score (nSPS) is 16.5. The molecule has 0 amide bonds. The van der Waals surface area contributed by atoms with E-state index in [-0.39, 0.29) is 23.5 Å². The van der Waals surface area contributed by atoms with Crippen molar-refractivity contribution in [1.29, 1.82) is 0 Å². The predicted molar refractivity (Wildman–Crippen MR) is 101 cm³/mol. The van der Waals surface area contributed by atoms with Gasteiger partial charge in [-0.2, -0.15) is 4.98 Å². The fourth-order valence-corrected chi connectivity index (χ4v) is 4.58. The minimum absolute atomic E-state index is 0.0654. The number of aromatic nitrogens is 2. The van der Waals surface area contributed by atoms with Crippen LogP contribution in [0.1, 0.15) is 30.9 Å². The molecule has 3 aromatic rings. The second kappa shape index (κ2) is 5.77. The first kappa shape index (κ1) is 16.5. The summed E-state index contributed by atoms with van der Waals surface area (Å²) in [6.07, 6.45) is 0. The molecular formula is C18H16FN5OS. The lowest BCUT2D eigenvalue weighted by Crippen LogP contribution is -2.21. The maximum Gasteiger partial charge on any atom is 0.222 e. The van der Waals surface area contributed by atoms with Crippen LogP contribution in [-0.2, 0) is 4.79 Å². The molecule has 1 atom stereocenters. The van der Waals surface area contributed by atoms with Gasteiger partial charge in [0.1, 0.15) is 11.6 Å². The van der Waals surface area contributed by atoms with Crippen molar-refractivity contribution in [3.05, 3.63) is 52.5 Å². The number of rotatable bonds is 2. The number of nitrogens with one attached hydrogen (secondary N) is 1. The second-order valence-corrected chi connectivity index (χ2v) is 7.21. The lowest BCUT2D eigenvalue weighted by atomic mass is 9.80. The molecule has 1 aromatic carbocycles. The number of ketones is 1. The number of carbonyl (C=O) groups excluding carboxylic acids is 1. The van der Waals surface area contributed by atoms with Crippen molar-refractivity contribution in [2.75, 3.05) is 16.8 Å². The number of carbonyl (C=O) groups is 1. The van der Waals surface area contributed by atoms with Gasteiger partial charge in [-0.3, -0.25) is 4.79 Å². The Morgan fingerprint density at radius 1 is 1.23 bits per heavy atom. The molecule has 0 radical (unpaired) electrons. The summed E-state index contributed by atoms with van der Waals surface area (Å²) in [6, 6.07) is 6.14. The van der Waals surface area contributed by atoms with Gasteiger partial charge in [-0.1, -0.05) is 12.1 Å². The third-order valence-electron chi connectivity index (χ3n) is 4.48. The number of halogens is 1. The van der Waals surface area contributed by atoms with Crippen molar-refractivity contribution in [3.63, 3.8) is 0 Å². The van der Waals surface area contributed by atoms with Gasteiger partial charge in [0.15, 0.2) is 5.78 Å². The first-order valence-electron chi connectivity index (χ1n) is 7.96. The second-order valence-electron chi connectivity index (χ2n) is 6.19. The molecule has 0 fully saturated rings. The van der Waals surface area contributed by atoms with Gasteiger partial charge in [0.05, 0.1) is 15.2 Å². The van der Waals surface area contributed by atoms with E-state index in [0.29, 0.717) is 21.6 Å². The van der Waals surface area contributed by atoms with E-state index in [9.17, 15) is 9.18 Å². The zero-order valence-corrected chi connectivity index (χ0v) is 14.9. The monoisotopic (exact) mass is 369 g/mol. The smallest absolute Gasteiger partial charge is 0.222 e. The summed E-state index contributed by atoms with van der Waals surface area (Å²) < 4.78 is 14.1. The van der Waals surface area contributed by atoms with Gasteiger partial charge < -0.3 is 16.8 Å². The molecule has 26 heavy (non-hydrogen) atoms. The van der Waals surface area contributed by atoms with Crippen molar-refractivity contribution in [1.82, 2.24) is 9.97 Å². The number of allylic oxidation sites excluding steroid dienone is 2. The zero-order chi connectivity index (χ0) is 18.6. The SMILES string of the molecule is CC(=O)C1=C(C)Nc2sc3c(N)nc(N)nc3c2C1c1ccc(F)cc1. The van der Waals surface area contributed by atoms with Gasteiger partial charge in [0.25, 0.3) is 0 Å². The van der Waals surface area contributed by atoms with E-state index in [1.807, 2.05) is 6.92 Å². The summed E-state index contributed by atoms with van der Waals surface area (Å²) in [4.78, 5) is 20.8. The number of fused-ring (bicyclic) bond motifs is 3. The molecule has 4 rings (SSSR count). The van der Waals surface area contributed by atoms with E-state index in [1.54, 1.807) is 12.1 Å². The Labute approximate surface area is 152 Å². The van der Waals surface area contributed by atoms with Crippen LogP contribution in [0.4, 0.5) is 21.2 Å². The molecule has 1 aliphatic rings. The highest BCUT2D eigenvalue weighted by Gasteiger charge is 2.34. The van der Waals surface area contributed by atoms with Gasteiger partial charge in [-0.05, 0) is 31.5 Å². The lowest BCUT2D eigenvalue weighted by Gasteiger charge is -2.28. The molecule has 6 nitrogen and oxygen atoms in total. The van der Waals surface area contributed by atoms with Crippen LogP contribution in [0.3, 0.4) is 0 Å². The van der Waals surface area contributed by atoms with Crippen LogP contribution >= 0.6 is 11.3 Å². The number of anilines is 3. The lowest BCUT2D eigenvalue weighted by molar-refractivity contribution is -0.113. The van der Waals surface area contributed by atoms with E-state index in [2.05, 4.69) is 15.3 Å². The molecule has 2 aromatic heterocycles. The first-order valence-corrected chi connectivity index (χ1v) is 8.78. The van der Waals surface area contributed by atoms with Gasteiger partial charge >= 0.3 is 0 Å². The number of hydrogen-bond acceptors (Lipinski definition) is 7. The third kappa shape index (κ3) is 2.41. The van der Waals surface area contributed by atoms with Crippen molar-refractivity contribution in [3.8, 4) is 0 Å². The molecule has 0 saturated heterocycles. The van der Waals surface area contributed by atoms with Gasteiger partial charge in [0, 0.05) is 22.8 Å². The van der Waals surface area contributed by atoms with Crippen LogP contribution in [-0.4, -0.2) is 15.8 Å². The minimum atomic E-state index is -0.383. The molecule has 132 valence electrons. The summed E-state index contributed by atoms with van der Waals surface area (Å²) in [6.45, 7) is 3.37. The molecular weight excluding hydrogens is 353 g/mol. The number of hydrogen-bond donors (Lipinski definition) is 3. The summed E-state index contributed by atoms with van der Waals surface area (Å²) >= 11 is 1.42. The average molecular weight is 369 g/mol. The molecule has 1 unspecified atom stereocenters. The maximum atomic E-state index is 13.4. The Kier molecular flexibility index (Phi) is 3.66. The predicted octanol–water partition coefficient (Wildman–Crippen LogP) is 3.42. The van der Waals surface area contributed by atoms with Crippen LogP contribution in [0.5, 0.6) is 0 Å². The van der Waals surface area contributed by atoms with Crippen LogP contribution in [0.15, 0.2) is 35.5 Å². The quantitative estimate of drug-likeness (QED) is 0.639. The molecule has 1 aliphatic heterocycles. The molecule has 0 saturated carbocycles. The Balaban J connectivity index is 2.06. The molecule has 0 spiro atoms. The van der Waals surface area contributed by atoms with E-state index < -0.39 is 0 Å². The first-order chi connectivity index (χ1) is 12.4. The standard InChI is InChI=1S/C18H16FN5OS/c1-7-11(8(2)25)12(9-3-5-10(19)6-4-9)13-14-15(26-17(13)22-7)16(20)24-18(21)23-14/h3-6,12,22H,1-2H3,(H4,20,21,23,24). The van der Waals surface area contributed by atoms with Crippen molar-refractivity contribution in [2.24, 2.45) is 0 Å². The Morgan fingerprint density at radius 3 is 2.58 bits per heavy atom. The van der Waals surface area contributed by atoms with Gasteiger partial charge in [0.2, 0.25) is 5.95 Å². The van der Waals surface area contributed by atoms with Crippen LogP contribution in [0, 0.1) is 5.82 Å². The fourth-order valence-electron chi connectivity index (χ4n) is 3.45. The third-order valence-corrected chi connectivity index (χ3v) is 5.61. The highest BCUT2D eigenvalue weighted by molar-refractivity contribution is 7.23. The summed E-state index contributed by atoms with van der Waals surface area (Å²) in [5.41, 5.74) is 15.4. The fraction of sp³-hybridized carbons (Fsp3) is 0.167. The van der Waals surface area contributed by atoms with Crippen molar-refractivity contribution >= 4 is 44.1 Å². The van der Waals surface area contributed by atoms with E-state index >= 15 is 0 Å². The maximum absolute atomic E-state index is 13.4. The molecule has 3 heterocycles. The zero-order valence-electron chi connectivity index (χ0n) is 14.1. The minimum Gasteiger partial charge on any atom is -0.382 e. The van der Waals surface area contributed by atoms with E-state index in [4.69, 9.17) is 11.5 Å². The summed E-state index contributed by atoms with van der Waals surface area (Å²) in [7, 11) is 0. The highest BCUT2D eigenvalue weighted by atomic mass is 32.1. The van der Waals surface area contributed by atoms with Crippen molar-refractivity contribution < 1.29 is 9.18 Å². The Bertz CT molecular complexity index is 1090. The van der Waals surface area contributed by atoms with Crippen LogP contribution in [0.25, 0.3) is 10.2 Å². The topological polar surface area (TPSA) is 107 Å². The number of nitrogens with zero attached hydrogens (tertiary/aromatic N) is 2. The number of nitrogens with two attached hydrogens (primary N) is 2. The van der Waals surface area contributed by atoms with Gasteiger partial charge in [-0.25, -0.2) is 9.37 Å². The van der Waals surface area contributed by atoms with E-state index in [1.165, 1.54) is 30.4 Å². The van der Waals surface area contributed by atoms with E-state index in [0.717, 1.165) is 21.8 Å².